The Morgan fingerprint density at radius 3 is 2.77 bits per heavy atom. The molecule has 0 spiro atoms. The number of rotatable bonds is 3. The van der Waals surface area contributed by atoms with Crippen LogP contribution < -0.4 is 10.6 Å². The van der Waals surface area contributed by atoms with E-state index in [1.54, 1.807) is 7.11 Å². The van der Waals surface area contributed by atoms with Crippen LogP contribution in [0.1, 0.15) is 29.9 Å². The molecule has 1 aromatic rings. The molecule has 1 amide bonds. The van der Waals surface area contributed by atoms with Crippen LogP contribution in [0.4, 0.5) is 0 Å². The SMILES string of the molecule is COC1(C(=O)NC2C3Cc4ccccc4C32)CCNCC1.Cl. The standard InChI is InChI=1S/C17H22N2O2.ClH/c1-21-17(6-8-18-9-7-17)16(20)19-15-13-10-11-4-2-3-5-12(11)14(13)15;/h2-5,13-15,18H,6-10H2,1H3,(H,19,20);1H. The molecule has 120 valence electrons. The van der Waals surface area contributed by atoms with Crippen LogP contribution in [-0.2, 0) is 16.0 Å². The first-order chi connectivity index (χ1) is 10.2. The van der Waals surface area contributed by atoms with E-state index in [9.17, 15) is 4.79 Å². The van der Waals surface area contributed by atoms with Crippen LogP contribution in [-0.4, -0.2) is 37.7 Å². The van der Waals surface area contributed by atoms with Gasteiger partial charge in [-0.15, -0.1) is 12.4 Å². The molecule has 3 aliphatic rings. The molecule has 2 N–H and O–H groups in total. The lowest BCUT2D eigenvalue weighted by Gasteiger charge is -2.35. The Bertz CT molecular complexity index is 572. The van der Waals surface area contributed by atoms with Gasteiger partial charge in [-0.25, -0.2) is 0 Å². The fraction of sp³-hybridized carbons (Fsp3) is 0.588. The number of hydrogen-bond acceptors (Lipinski definition) is 3. The van der Waals surface area contributed by atoms with Crippen molar-refractivity contribution in [3.8, 4) is 0 Å². The van der Waals surface area contributed by atoms with Gasteiger partial charge in [0.2, 0.25) is 0 Å². The van der Waals surface area contributed by atoms with Crippen LogP contribution in [0.2, 0.25) is 0 Å². The minimum atomic E-state index is -0.623. The van der Waals surface area contributed by atoms with Crippen molar-refractivity contribution in [2.24, 2.45) is 5.92 Å². The predicted molar refractivity (Wildman–Crippen MR) is 87.4 cm³/mol. The van der Waals surface area contributed by atoms with Crippen LogP contribution in [0.5, 0.6) is 0 Å². The van der Waals surface area contributed by atoms with Gasteiger partial charge in [0.05, 0.1) is 0 Å². The monoisotopic (exact) mass is 322 g/mol. The van der Waals surface area contributed by atoms with Gasteiger partial charge in [0.15, 0.2) is 0 Å². The summed E-state index contributed by atoms with van der Waals surface area (Å²) in [6.45, 7) is 1.70. The van der Waals surface area contributed by atoms with Crippen LogP contribution in [0.25, 0.3) is 0 Å². The summed E-state index contributed by atoms with van der Waals surface area (Å²) in [6, 6.07) is 8.94. The molecule has 1 saturated carbocycles. The van der Waals surface area contributed by atoms with Gasteiger partial charge in [0.25, 0.3) is 5.91 Å². The molecule has 3 atom stereocenters. The fourth-order valence-corrected chi connectivity index (χ4v) is 4.19. The third kappa shape index (κ3) is 2.34. The summed E-state index contributed by atoms with van der Waals surface area (Å²) < 4.78 is 5.61. The molecule has 4 rings (SSSR count). The topological polar surface area (TPSA) is 50.4 Å². The number of piperidine rings is 1. The number of carbonyl (C=O) groups excluding carboxylic acids is 1. The Balaban J connectivity index is 0.00000144. The summed E-state index contributed by atoms with van der Waals surface area (Å²) in [5, 5.41) is 6.56. The third-order valence-corrected chi connectivity index (χ3v) is 5.55. The maximum atomic E-state index is 12.7. The molecule has 22 heavy (non-hydrogen) atoms. The normalized spacial score (nSPS) is 30.7. The largest absolute Gasteiger partial charge is 0.368 e. The highest BCUT2D eigenvalue weighted by atomic mass is 35.5. The Morgan fingerprint density at radius 2 is 2.05 bits per heavy atom. The van der Waals surface area contributed by atoms with Gasteiger partial charge in [0.1, 0.15) is 5.60 Å². The zero-order valence-corrected chi connectivity index (χ0v) is 13.6. The molecule has 2 fully saturated rings. The van der Waals surface area contributed by atoms with Gasteiger partial charge in [-0.1, -0.05) is 24.3 Å². The second-order valence-corrected chi connectivity index (χ2v) is 6.54. The molecular weight excluding hydrogens is 300 g/mol. The van der Waals surface area contributed by atoms with Gasteiger partial charge in [-0.2, -0.15) is 0 Å². The van der Waals surface area contributed by atoms with E-state index in [2.05, 4.69) is 34.9 Å². The summed E-state index contributed by atoms with van der Waals surface area (Å²) in [4.78, 5) is 12.7. The van der Waals surface area contributed by atoms with Crippen molar-refractivity contribution >= 4 is 18.3 Å². The van der Waals surface area contributed by atoms with Gasteiger partial charge in [-0.3, -0.25) is 4.79 Å². The van der Waals surface area contributed by atoms with Crippen molar-refractivity contribution in [1.29, 1.82) is 0 Å². The van der Waals surface area contributed by atoms with Gasteiger partial charge < -0.3 is 15.4 Å². The molecular formula is C17H23ClN2O2. The average molecular weight is 323 g/mol. The molecule has 0 aromatic heterocycles. The van der Waals surface area contributed by atoms with Gasteiger partial charge >= 0.3 is 0 Å². The van der Waals surface area contributed by atoms with E-state index < -0.39 is 5.60 Å². The molecule has 4 nitrogen and oxygen atoms in total. The molecule has 1 heterocycles. The molecule has 2 aliphatic carbocycles. The third-order valence-electron chi connectivity index (χ3n) is 5.55. The Labute approximate surface area is 137 Å². The van der Waals surface area contributed by atoms with Crippen LogP contribution in [0, 0.1) is 5.92 Å². The number of fused-ring (bicyclic) bond motifs is 3. The zero-order chi connectivity index (χ0) is 14.4. The van der Waals surface area contributed by atoms with Crippen LogP contribution in [0.15, 0.2) is 24.3 Å². The predicted octanol–water partition coefficient (Wildman–Crippen LogP) is 1.63. The summed E-state index contributed by atoms with van der Waals surface area (Å²) in [6.07, 6.45) is 2.62. The van der Waals surface area contributed by atoms with Gasteiger partial charge in [0, 0.05) is 19.1 Å². The number of benzene rings is 1. The summed E-state index contributed by atoms with van der Waals surface area (Å²) in [5.74, 6) is 1.21. The van der Waals surface area contributed by atoms with E-state index in [1.165, 1.54) is 11.1 Å². The molecule has 1 aromatic carbocycles. The van der Waals surface area contributed by atoms with E-state index in [-0.39, 0.29) is 18.3 Å². The zero-order valence-electron chi connectivity index (χ0n) is 12.8. The fourth-order valence-electron chi connectivity index (χ4n) is 4.19. The minimum absolute atomic E-state index is 0. The molecule has 0 bridgehead atoms. The van der Waals surface area contributed by atoms with E-state index in [0.717, 1.165) is 32.4 Å². The average Bonchev–Trinajstić information content (AvgIpc) is 3.05. The molecule has 1 aliphatic heterocycles. The number of ether oxygens (including phenoxy) is 1. The van der Waals surface area contributed by atoms with E-state index >= 15 is 0 Å². The summed E-state index contributed by atoms with van der Waals surface area (Å²) >= 11 is 0. The van der Waals surface area contributed by atoms with E-state index in [1.807, 2.05) is 0 Å². The second-order valence-electron chi connectivity index (χ2n) is 6.54. The first kappa shape index (κ1) is 15.8. The number of methoxy groups -OCH3 is 1. The lowest BCUT2D eigenvalue weighted by atomic mass is 9.91. The highest BCUT2D eigenvalue weighted by Crippen LogP contribution is 2.56. The van der Waals surface area contributed by atoms with Crippen molar-refractivity contribution in [3.05, 3.63) is 35.4 Å². The summed E-state index contributed by atoms with van der Waals surface area (Å²) in [5.41, 5.74) is 2.27. The highest BCUT2D eigenvalue weighted by Gasteiger charge is 2.57. The Hall–Kier alpha value is -1.10. The highest BCUT2D eigenvalue weighted by molar-refractivity contribution is 5.86. The van der Waals surface area contributed by atoms with Crippen molar-refractivity contribution in [2.75, 3.05) is 20.2 Å². The van der Waals surface area contributed by atoms with E-state index in [4.69, 9.17) is 4.74 Å². The first-order valence-electron chi connectivity index (χ1n) is 7.90. The smallest absolute Gasteiger partial charge is 0.252 e. The molecule has 1 saturated heterocycles. The summed E-state index contributed by atoms with van der Waals surface area (Å²) in [7, 11) is 1.66. The van der Waals surface area contributed by atoms with Crippen LogP contribution in [0.3, 0.4) is 0 Å². The molecule has 3 unspecified atom stereocenters. The van der Waals surface area contributed by atoms with Crippen molar-refractivity contribution in [1.82, 2.24) is 10.6 Å². The maximum absolute atomic E-state index is 12.7. The van der Waals surface area contributed by atoms with Crippen molar-refractivity contribution in [2.45, 2.75) is 36.8 Å². The molecule has 5 heteroatoms. The lowest BCUT2D eigenvalue weighted by Crippen LogP contribution is -2.55. The number of hydrogen-bond donors (Lipinski definition) is 2. The van der Waals surface area contributed by atoms with E-state index in [0.29, 0.717) is 17.9 Å². The minimum Gasteiger partial charge on any atom is -0.368 e. The quantitative estimate of drug-likeness (QED) is 0.889. The van der Waals surface area contributed by atoms with Crippen LogP contribution >= 0.6 is 12.4 Å². The van der Waals surface area contributed by atoms with Gasteiger partial charge in [-0.05, 0) is 49.4 Å². The Kier molecular flexibility index (Phi) is 4.19. The molecule has 0 radical (unpaired) electrons. The second kappa shape index (κ2) is 5.84. The number of amides is 1. The number of nitrogens with one attached hydrogen (secondary N) is 2. The number of carbonyl (C=O) groups is 1. The first-order valence-corrected chi connectivity index (χ1v) is 7.90. The number of halogens is 1. The maximum Gasteiger partial charge on any atom is 0.252 e. The lowest BCUT2D eigenvalue weighted by molar-refractivity contribution is -0.147. The van der Waals surface area contributed by atoms with Crippen molar-refractivity contribution in [3.63, 3.8) is 0 Å². The Morgan fingerprint density at radius 1 is 1.32 bits per heavy atom. The van der Waals surface area contributed by atoms with Crippen molar-refractivity contribution < 1.29 is 9.53 Å².